The lowest BCUT2D eigenvalue weighted by molar-refractivity contribution is 0.0977. The summed E-state index contributed by atoms with van der Waals surface area (Å²) in [7, 11) is 0. The summed E-state index contributed by atoms with van der Waals surface area (Å²) < 4.78 is 1.92. The molecule has 0 aliphatic rings. The Morgan fingerprint density at radius 1 is 1.00 bits per heavy atom. The summed E-state index contributed by atoms with van der Waals surface area (Å²) in [6, 6.07) is 16.5. The van der Waals surface area contributed by atoms with Crippen LogP contribution in [0.25, 0.3) is 5.69 Å². The van der Waals surface area contributed by atoms with Gasteiger partial charge in [-0.15, -0.1) is 0 Å². The molecule has 0 aliphatic heterocycles. The van der Waals surface area contributed by atoms with E-state index < -0.39 is 0 Å². The number of nitrogens with zero attached hydrogens (tertiary/aromatic N) is 2. The van der Waals surface area contributed by atoms with Gasteiger partial charge in [0.2, 0.25) is 0 Å². The minimum Gasteiger partial charge on any atom is -0.321 e. The zero-order chi connectivity index (χ0) is 16.8. The van der Waals surface area contributed by atoms with Gasteiger partial charge in [-0.25, -0.2) is 4.98 Å². The molecule has 1 aromatic carbocycles. The molecule has 2 heterocycles. The quantitative estimate of drug-likeness (QED) is 0.504. The molecule has 24 heavy (non-hydrogen) atoms. The van der Waals surface area contributed by atoms with Crippen LogP contribution in [0.3, 0.4) is 0 Å². The maximum Gasteiger partial charge on any atom is 0.257 e. The fraction of sp³-hybridized carbons (Fsp3) is 0. The van der Waals surface area contributed by atoms with E-state index in [4.69, 9.17) is 12.2 Å². The Labute approximate surface area is 144 Å². The van der Waals surface area contributed by atoms with Gasteiger partial charge in [0.15, 0.2) is 10.9 Å². The second-order valence-corrected chi connectivity index (χ2v) is 5.27. The van der Waals surface area contributed by atoms with Crippen molar-refractivity contribution in [3.8, 4) is 5.69 Å². The summed E-state index contributed by atoms with van der Waals surface area (Å²) in [6.07, 6.45) is 5.50. The number of benzene rings is 1. The molecule has 2 aromatic heterocycles. The van der Waals surface area contributed by atoms with Crippen molar-refractivity contribution in [3.05, 3.63) is 78.8 Å². The molecule has 0 atom stereocenters. The number of thiocarbonyl (C=S) groups is 1. The number of rotatable bonds is 4. The van der Waals surface area contributed by atoms with Gasteiger partial charge in [0, 0.05) is 24.2 Å². The Bertz CT molecular complexity index is 833. The number of hydrogen-bond acceptors (Lipinski definition) is 4. The van der Waals surface area contributed by atoms with Crippen LogP contribution in [0.5, 0.6) is 0 Å². The van der Waals surface area contributed by atoms with E-state index in [9.17, 15) is 4.79 Å². The minimum atomic E-state index is -0.276. The van der Waals surface area contributed by atoms with E-state index in [1.807, 2.05) is 47.3 Å². The van der Waals surface area contributed by atoms with Crippen LogP contribution in [0.1, 0.15) is 10.4 Å². The summed E-state index contributed by atoms with van der Waals surface area (Å²) in [5.41, 5.74) is 7.08. The lowest BCUT2D eigenvalue weighted by Crippen LogP contribution is -2.42. The second-order valence-electron chi connectivity index (χ2n) is 4.86. The average Bonchev–Trinajstić information content (AvgIpc) is 3.15. The fourth-order valence-electron chi connectivity index (χ4n) is 2.11. The van der Waals surface area contributed by atoms with Crippen molar-refractivity contribution < 1.29 is 4.79 Å². The molecule has 120 valence electrons. The van der Waals surface area contributed by atoms with Crippen LogP contribution in [-0.2, 0) is 0 Å². The van der Waals surface area contributed by atoms with Crippen molar-refractivity contribution in [2.24, 2.45) is 0 Å². The fourth-order valence-corrected chi connectivity index (χ4v) is 2.25. The molecule has 0 radical (unpaired) electrons. The third-order valence-corrected chi connectivity index (χ3v) is 3.43. The molecule has 1 amide bonds. The predicted octanol–water partition coefficient (Wildman–Crippen LogP) is 2.50. The van der Waals surface area contributed by atoms with Gasteiger partial charge in [-0.3, -0.25) is 21.0 Å². The van der Waals surface area contributed by atoms with Crippen molar-refractivity contribution in [3.63, 3.8) is 0 Å². The van der Waals surface area contributed by atoms with Crippen LogP contribution < -0.4 is 16.2 Å². The number of carbonyl (C=O) groups is 1. The molecule has 3 N–H and O–H groups in total. The highest BCUT2D eigenvalue weighted by molar-refractivity contribution is 7.80. The SMILES string of the molecule is O=C(NC(=S)NNc1ncccc1-n1cccc1)c1ccccc1. The molecule has 0 unspecified atom stereocenters. The van der Waals surface area contributed by atoms with E-state index in [0.717, 1.165) is 5.69 Å². The average molecular weight is 337 g/mol. The standard InChI is InChI=1S/C17H15N5OS/c23-16(13-7-2-1-3-8-13)19-17(24)21-20-15-14(9-6-10-18-15)22-11-4-5-12-22/h1-12H,(H,18,20)(H2,19,21,23,24). The highest BCUT2D eigenvalue weighted by Crippen LogP contribution is 2.15. The first-order chi connectivity index (χ1) is 11.7. The third kappa shape index (κ3) is 3.76. The van der Waals surface area contributed by atoms with Crippen molar-refractivity contribution in [1.29, 1.82) is 0 Å². The topological polar surface area (TPSA) is 71.0 Å². The zero-order valence-electron chi connectivity index (χ0n) is 12.6. The molecule has 3 aromatic rings. The number of amides is 1. The smallest absolute Gasteiger partial charge is 0.257 e. The van der Waals surface area contributed by atoms with Crippen molar-refractivity contribution in [2.45, 2.75) is 0 Å². The molecule has 0 aliphatic carbocycles. The maximum atomic E-state index is 12.0. The Morgan fingerprint density at radius 3 is 2.50 bits per heavy atom. The lowest BCUT2D eigenvalue weighted by Gasteiger charge is -2.14. The first kappa shape index (κ1) is 15.7. The summed E-state index contributed by atoms with van der Waals surface area (Å²) in [4.78, 5) is 16.3. The van der Waals surface area contributed by atoms with Crippen LogP contribution in [0, 0.1) is 0 Å². The molecule has 0 fully saturated rings. The van der Waals surface area contributed by atoms with Gasteiger partial charge in [-0.1, -0.05) is 18.2 Å². The summed E-state index contributed by atoms with van der Waals surface area (Å²) >= 11 is 5.13. The summed E-state index contributed by atoms with van der Waals surface area (Å²) in [5.74, 6) is 0.312. The van der Waals surface area contributed by atoms with Crippen molar-refractivity contribution in [2.75, 3.05) is 5.43 Å². The maximum absolute atomic E-state index is 12.0. The highest BCUT2D eigenvalue weighted by atomic mass is 32.1. The van der Waals surface area contributed by atoms with Gasteiger partial charge < -0.3 is 4.57 Å². The largest absolute Gasteiger partial charge is 0.321 e. The van der Waals surface area contributed by atoms with Gasteiger partial charge in [-0.05, 0) is 48.6 Å². The Hall–Kier alpha value is -3.19. The monoisotopic (exact) mass is 337 g/mol. The number of carbonyl (C=O) groups excluding carboxylic acids is 1. The number of aromatic nitrogens is 2. The first-order valence-electron chi connectivity index (χ1n) is 7.25. The van der Waals surface area contributed by atoms with E-state index in [1.54, 1.807) is 30.5 Å². The normalized spacial score (nSPS) is 10.0. The second kappa shape index (κ2) is 7.38. The van der Waals surface area contributed by atoms with Gasteiger partial charge in [0.25, 0.3) is 5.91 Å². The molecular formula is C17H15N5OS. The van der Waals surface area contributed by atoms with Gasteiger partial charge in [0.05, 0.1) is 5.69 Å². The van der Waals surface area contributed by atoms with E-state index >= 15 is 0 Å². The van der Waals surface area contributed by atoms with Crippen LogP contribution >= 0.6 is 12.2 Å². The van der Waals surface area contributed by atoms with Crippen LogP contribution in [0.15, 0.2) is 73.2 Å². The van der Waals surface area contributed by atoms with Crippen LogP contribution in [0.2, 0.25) is 0 Å². The van der Waals surface area contributed by atoms with Crippen LogP contribution in [-0.4, -0.2) is 20.6 Å². The Kier molecular flexibility index (Phi) is 4.83. The van der Waals surface area contributed by atoms with Gasteiger partial charge in [0.1, 0.15) is 0 Å². The zero-order valence-corrected chi connectivity index (χ0v) is 13.5. The molecular weight excluding hydrogens is 322 g/mol. The molecule has 3 rings (SSSR count). The lowest BCUT2D eigenvalue weighted by atomic mass is 10.2. The third-order valence-electron chi connectivity index (χ3n) is 3.23. The van der Waals surface area contributed by atoms with E-state index in [-0.39, 0.29) is 11.0 Å². The van der Waals surface area contributed by atoms with Crippen molar-refractivity contribution >= 4 is 29.1 Å². The molecule has 0 bridgehead atoms. The molecule has 0 saturated heterocycles. The van der Waals surface area contributed by atoms with E-state index in [1.165, 1.54) is 0 Å². The first-order valence-corrected chi connectivity index (χ1v) is 7.65. The molecule has 6 nitrogen and oxygen atoms in total. The summed E-state index contributed by atoms with van der Waals surface area (Å²) in [5, 5.41) is 2.77. The van der Waals surface area contributed by atoms with Gasteiger partial charge >= 0.3 is 0 Å². The highest BCUT2D eigenvalue weighted by Gasteiger charge is 2.08. The Balaban J connectivity index is 1.62. The minimum absolute atomic E-state index is 0.160. The predicted molar refractivity (Wildman–Crippen MR) is 96.8 cm³/mol. The van der Waals surface area contributed by atoms with E-state index in [2.05, 4.69) is 21.2 Å². The summed E-state index contributed by atoms with van der Waals surface area (Å²) in [6.45, 7) is 0. The number of hydrazine groups is 1. The molecule has 7 heteroatoms. The Morgan fingerprint density at radius 2 is 1.75 bits per heavy atom. The number of hydrogen-bond donors (Lipinski definition) is 3. The van der Waals surface area contributed by atoms with Gasteiger partial charge in [-0.2, -0.15) is 0 Å². The number of anilines is 1. The molecule has 0 saturated carbocycles. The van der Waals surface area contributed by atoms with Crippen molar-refractivity contribution in [1.82, 2.24) is 20.3 Å². The molecule has 0 spiro atoms. The van der Waals surface area contributed by atoms with Crippen LogP contribution in [0.4, 0.5) is 5.82 Å². The van der Waals surface area contributed by atoms with E-state index in [0.29, 0.717) is 11.4 Å². The number of nitrogens with one attached hydrogen (secondary N) is 3. The number of pyridine rings is 1.